The minimum absolute atomic E-state index is 0.102. The lowest BCUT2D eigenvalue weighted by Crippen LogP contribution is -2.47. The number of nitrogens with one attached hydrogen (secondary N) is 2. The van der Waals surface area contributed by atoms with Gasteiger partial charge in [-0.1, -0.05) is 42.0 Å². The molecule has 2 aliphatic heterocycles. The lowest BCUT2D eigenvalue weighted by molar-refractivity contribution is -0.132. The molecule has 2 aromatic rings. The number of amides is 4. The van der Waals surface area contributed by atoms with Gasteiger partial charge < -0.3 is 15.5 Å². The van der Waals surface area contributed by atoms with E-state index in [-0.39, 0.29) is 44.0 Å². The number of benzene rings is 1. The van der Waals surface area contributed by atoms with Crippen LogP contribution in [0.2, 0.25) is 0 Å². The van der Waals surface area contributed by atoms with Crippen molar-refractivity contribution >= 4 is 17.8 Å². The zero-order chi connectivity index (χ0) is 22.7. The van der Waals surface area contributed by atoms with Gasteiger partial charge in [0.05, 0.1) is 36.1 Å². The average Bonchev–Trinajstić information content (AvgIpc) is 3.10. The van der Waals surface area contributed by atoms with Crippen molar-refractivity contribution in [2.45, 2.75) is 19.5 Å². The van der Waals surface area contributed by atoms with Gasteiger partial charge in [-0.2, -0.15) is 0 Å². The highest BCUT2D eigenvalue weighted by Gasteiger charge is 2.44. The fourth-order valence-electron chi connectivity index (χ4n) is 4.02. The quantitative estimate of drug-likeness (QED) is 0.656. The molecular formula is C24H25N5O3. The third-order valence-corrected chi connectivity index (χ3v) is 5.51. The van der Waals surface area contributed by atoms with Gasteiger partial charge in [0.2, 0.25) is 5.91 Å². The fourth-order valence-corrected chi connectivity index (χ4v) is 4.02. The average molecular weight is 431 g/mol. The van der Waals surface area contributed by atoms with Gasteiger partial charge in [0.15, 0.2) is 0 Å². The molecule has 0 aliphatic carbocycles. The summed E-state index contributed by atoms with van der Waals surface area (Å²) in [5.41, 5.74) is 3.71. The minimum Gasteiger partial charge on any atom is -0.349 e. The first kappa shape index (κ1) is 21.3. The number of pyridine rings is 1. The van der Waals surface area contributed by atoms with E-state index < -0.39 is 6.04 Å². The normalized spacial score (nSPS) is 17.8. The number of aryl methyl sites for hydroxylation is 1. The summed E-state index contributed by atoms with van der Waals surface area (Å²) in [6, 6.07) is 12.3. The highest BCUT2D eigenvalue weighted by atomic mass is 16.2. The second-order valence-electron chi connectivity index (χ2n) is 7.82. The van der Waals surface area contributed by atoms with Gasteiger partial charge in [-0.05, 0) is 24.6 Å². The van der Waals surface area contributed by atoms with Crippen molar-refractivity contribution in [1.82, 2.24) is 25.4 Å². The van der Waals surface area contributed by atoms with E-state index in [1.807, 2.05) is 43.3 Å². The molecule has 164 valence electrons. The summed E-state index contributed by atoms with van der Waals surface area (Å²) in [6.45, 7) is 6.32. The number of hydrogen-bond acceptors (Lipinski definition) is 4. The molecule has 0 saturated heterocycles. The molecule has 0 unspecified atom stereocenters. The van der Waals surface area contributed by atoms with Crippen LogP contribution >= 0.6 is 0 Å². The van der Waals surface area contributed by atoms with E-state index >= 15 is 0 Å². The van der Waals surface area contributed by atoms with Crippen LogP contribution in [0.5, 0.6) is 0 Å². The second-order valence-corrected chi connectivity index (χ2v) is 7.82. The van der Waals surface area contributed by atoms with Crippen LogP contribution < -0.4 is 10.6 Å². The Kier molecular flexibility index (Phi) is 6.02. The van der Waals surface area contributed by atoms with Crippen LogP contribution in [0.25, 0.3) is 0 Å². The molecule has 0 saturated carbocycles. The predicted octanol–water partition coefficient (Wildman–Crippen LogP) is 2.06. The molecule has 0 fully saturated rings. The third kappa shape index (κ3) is 4.25. The molecule has 0 bridgehead atoms. The van der Waals surface area contributed by atoms with Crippen LogP contribution in [0.15, 0.2) is 72.6 Å². The molecule has 1 aromatic carbocycles. The molecule has 3 heterocycles. The van der Waals surface area contributed by atoms with E-state index in [1.54, 1.807) is 18.3 Å². The largest absolute Gasteiger partial charge is 0.349 e. The van der Waals surface area contributed by atoms with Crippen molar-refractivity contribution in [3.8, 4) is 0 Å². The lowest BCUT2D eigenvalue weighted by atomic mass is 9.94. The van der Waals surface area contributed by atoms with Gasteiger partial charge >= 0.3 is 6.03 Å². The monoisotopic (exact) mass is 431 g/mol. The summed E-state index contributed by atoms with van der Waals surface area (Å²) in [7, 11) is 0. The summed E-state index contributed by atoms with van der Waals surface area (Å²) < 4.78 is 0. The van der Waals surface area contributed by atoms with Crippen molar-refractivity contribution in [1.29, 1.82) is 0 Å². The Labute approximate surface area is 186 Å². The Morgan fingerprint density at radius 1 is 1.28 bits per heavy atom. The second kappa shape index (κ2) is 9.05. The molecule has 1 aromatic heterocycles. The topological polar surface area (TPSA) is 94.6 Å². The van der Waals surface area contributed by atoms with Crippen molar-refractivity contribution in [3.05, 3.63) is 89.4 Å². The van der Waals surface area contributed by atoms with Gasteiger partial charge in [-0.3, -0.25) is 19.5 Å². The Hall–Kier alpha value is -3.94. The molecular weight excluding hydrogens is 406 g/mol. The summed E-state index contributed by atoms with van der Waals surface area (Å²) in [6.07, 6.45) is 3.27. The number of carbonyl (C=O) groups is 3. The van der Waals surface area contributed by atoms with E-state index in [0.717, 1.165) is 16.8 Å². The van der Waals surface area contributed by atoms with Gasteiger partial charge in [-0.15, -0.1) is 6.58 Å². The lowest BCUT2D eigenvalue weighted by Gasteiger charge is -2.33. The summed E-state index contributed by atoms with van der Waals surface area (Å²) in [5.74, 6) is -0.543. The molecule has 2 aliphatic rings. The number of aromatic nitrogens is 1. The number of carbonyl (C=O) groups excluding carboxylic acids is 3. The van der Waals surface area contributed by atoms with Crippen LogP contribution in [0.4, 0.5) is 4.79 Å². The first-order chi connectivity index (χ1) is 15.5. The van der Waals surface area contributed by atoms with E-state index in [4.69, 9.17) is 0 Å². The van der Waals surface area contributed by atoms with Crippen LogP contribution in [-0.4, -0.2) is 52.3 Å². The molecule has 8 heteroatoms. The smallest absolute Gasteiger partial charge is 0.322 e. The van der Waals surface area contributed by atoms with Gasteiger partial charge in [-0.25, -0.2) is 4.79 Å². The molecule has 4 amide bonds. The van der Waals surface area contributed by atoms with Crippen LogP contribution in [0, 0.1) is 6.92 Å². The van der Waals surface area contributed by atoms with E-state index in [9.17, 15) is 14.4 Å². The van der Waals surface area contributed by atoms with Gasteiger partial charge in [0.25, 0.3) is 5.91 Å². The third-order valence-electron chi connectivity index (χ3n) is 5.51. The molecule has 1 atom stereocenters. The van der Waals surface area contributed by atoms with E-state index in [0.29, 0.717) is 11.3 Å². The van der Waals surface area contributed by atoms with Crippen molar-refractivity contribution in [2.24, 2.45) is 0 Å². The number of hydrogen-bond donors (Lipinski definition) is 2. The van der Waals surface area contributed by atoms with Crippen molar-refractivity contribution in [2.75, 3.05) is 19.6 Å². The highest BCUT2D eigenvalue weighted by Crippen LogP contribution is 2.36. The van der Waals surface area contributed by atoms with E-state index in [2.05, 4.69) is 22.2 Å². The number of rotatable bonds is 7. The maximum absolute atomic E-state index is 13.3. The molecule has 2 N–H and O–H groups in total. The van der Waals surface area contributed by atoms with Crippen LogP contribution in [-0.2, 0) is 16.1 Å². The summed E-state index contributed by atoms with van der Waals surface area (Å²) >= 11 is 0. The molecule has 8 nitrogen and oxygen atoms in total. The van der Waals surface area contributed by atoms with Gasteiger partial charge in [0.1, 0.15) is 6.54 Å². The maximum Gasteiger partial charge on any atom is 0.322 e. The van der Waals surface area contributed by atoms with E-state index in [1.165, 1.54) is 9.80 Å². The molecule has 4 rings (SSSR count). The zero-order valence-electron chi connectivity index (χ0n) is 17.9. The highest BCUT2D eigenvalue weighted by molar-refractivity contribution is 6.03. The summed E-state index contributed by atoms with van der Waals surface area (Å²) in [5, 5.41) is 5.74. The van der Waals surface area contributed by atoms with Crippen LogP contribution in [0.3, 0.4) is 0 Å². The van der Waals surface area contributed by atoms with Crippen LogP contribution in [0.1, 0.15) is 22.9 Å². The minimum atomic E-state index is -0.562. The fraction of sp³-hybridized carbons (Fsp3) is 0.250. The Bertz CT molecular complexity index is 1100. The first-order valence-corrected chi connectivity index (χ1v) is 10.4. The number of nitrogens with zero attached hydrogens (tertiary/aromatic N) is 3. The standard InChI is InChI=1S/C24H25N5O3/c1-3-11-29-19-14-28(15-20(30)26-13-18-9-4-5-10-25-18)23(31)21(19)22(27-24(29)32)17-8-6-7-16(2)12-17/h3-10,12,22H,1,11,13-15H2,2H3,(H,26,30)(H,27,32)/t22-/m1/s1. The SMILES string of the molecule is C=CCN1C(=O)N[C@H](c2cccc(C)c2)C2=C1CN(CC(=O)NCc1ccccn1)C2=O. The molecule has 0 spiro atoms. The Morgan fingerprint density at radius 2 is 2.12 bits per heavy atom. The zero-order valence-corrected chi connectivity index (χ0v) is 17.9. The maximum atomic E-state index is 13.3. The van der Waals surface area contributed by atoms with Crippen molar-refractivity contribution < 1.29 is 14.4 Å². The Balaban J connectivity index is 1.54. The first-order valence-electron chi connectivity index (χ1n) is 10.4. The Morgan fingerprint density at radius 3 is 2.84 bits per heavy atom. The molecule has 0 radical (unpaired) electrons. The predicted molar refractivity (Wildman–Crippen MR) is 119 cm³/mol. The number of urea groups is 1. The van der Waals surface area contributed by atoms with Crippen molar-refractivity contribution in [3.63, 3.8) is 0 Å². The van der Waals surface area contributed by atoms with Gasteiger partial charge in [0, 0.05) is 12.7 Å². The summed E-state index contributed by atoms with van der Waals surface area (Å²) in [4.78, 5) is 45.8. The molecule has 32 heavy (non-hydrogen) atoms.